The van der Waals surface area contributed by atoms with Crippen LogP contribution in [-0.2, 0) is 11.3 Å². The average molecular weight is 337 g/mol. The Morgan fingerprint density at radius 1 is 1.35 bits per heavy atom. The van der Waals surface area contributed by atoms with Gasteiger partial charge in [0.05, 0.1) is 6.10 Å². The normalized spacial score (nSPS) is 12.2. The molecule has 0 radical (unpaired) electrons. The van der Waals surface area contributed by atoms with E-state index in [1.165, 1.54) is 0 Å². The predicted octanol–water partition coefficient (Wildman–Crippen LogP) is 3.33. The van der Waals surface area contributed by atoms with Gasteiger partial charge in [-0.15, -0.1) is 0 Å². The second kappa shape index (κ2) is 6.72. The first-order valence-corrected chi connectivity index (χ1v) is 7.27. The van der Waals surface area contributed by atoms with Crippen molar-refractivity contribution in [2.45, 2.75) is 26.0 Å². The van der Waals surface area contributed by atoms with Crippen molar-refractivity contribution in [3.05, 3.63) is 52.8 Å². The standard InChI is InChI=1S/C15H17BrN2O2/c1-2-14(19)11-7-8-18(9-11)10-15(20)17-13-5-3-12(16)4-6-13/h3-9,14,19H,2,10H2,1H3,(H,17,20). The van der Waals surface area contributed by atoms with Gasteiger partial charge in [-0.3, -0.25) is 4.79 Å². The Morgan fingerprint density at radius 3 is 2.70 bits per heavy atom. The molecule has 0 aliphatic carbocycles. The van der Waals surface area contributed by atoms with E-state index in [9.17, 15) is 9.90 Å². The molecule has 0 aliphatic heterocycles. The third-order valence-corrected chi connectivity index (χ3v) is 3.53. The van der Waals surface area contributed by atoms with E-state index in [1.54, 1.807) is 17.0 Å². The Labute approximate surface area is 126 Å². The van der Waals surface area contributed by atoms with Crippen molar-refractivity contribution < 1.29 is 9.90 Å². The minimum Gasteiger partial charge on any atom is -0.388 e. The van der Waals surface area contributed by atoms with Gasteiger partial charge < -0.3 is 15.0 Å². The topological polar surface area (TPSA) is 54.3 Å². The third kappa shape index (κ3) is 3.95. The van der Waals surface area contributed by atoms with E-state index >= 15 is 0 Å². The van der Waals surface area contributed by atoms with Crippen molar-refractivity contribution >= 4 is 27.5 Å². The lowest BCUT2D eigenvalue weighted by Crippen LogP contribution is -2.17. The molecule has 0 spiro atoms. The Morgan fingerprint density at radius 2 is 2.05 bits per heavy atom. The van der Waals surface area contributed by atoms with E-state index in [1.807, 2.05) is 37.3 Å². The molecule has 2 N–H and O–H groups in total. The molecule has 4 nitrogen and oxygen atoms in total. The smallest absolute Gasteiger partial charge is 0.244 e. The molecule has 20 heavy (non-hydrogen) atoms. The molecule has 106 valence electrons. The van der Waals surface area contributed by atoms with Gasteiger partial charge in [-0.25, -0.2) is 0 Å². The Balaban J connectivity index is 1.94. The number of aliphatic hydroxyl groups is 1. The number of benzene rings is 1. The number of carbonyl (C=O) groups is 1. The summed E-state index contributed by atoms with van der Waals surface area (Å²) in [4.78, 5) is 11.9. The molecule has 5 heteroatoms. The van der Waals surface area contributed by atoms with Crippen LogP contribution in [0.2, 0.25) is 0 Å². The largest absolute Gasteiger partial charge is 0.388 e. The van der Waals surface area contributed by atoms with Crippen LogP contribution in [0.25, 0.3) is 0 Å². The molecule has 2 aromatic rings. The fourth-order valence-corrected chi connectivity index (χ4v) is 2.15. The minimum atomic E-state index is -0.467. The summed E-state index contributed by atoms with van der Waals surface area (Å²) in [6.45, 7) is 2.15. The van der Waals surface area contributed by atoms with Gasteiger partial charge in [0.15, 0.2) is 0 Å². The molecule has 1 atom stereocenters. The second-order valence-electron chi connectivity index (χ2n) is 4.60. The SMILES string of the molecule is CCC(O)c1ccn(CC(=O)Nc2ccc(Br)cc2)c1. The number of aromatic nitrogens is 1. The van der Waals surface area contributed by atoms with Crippen LogP contribution in [0.1, 0.15) is 25.0 Å². The zero-order chi connectivity index (χ0) is 14.5. The highest BCUT2D eigenvalue weighted by atomic mass is 79.9. The zero-order valence-corrected chi connectivity index (χ0v) is 12.8. The molecule has 0 saturated carbocycles. The molecule has 2 rings (SSSR count). The average Bonchev–Trinajstić information content (AvgIpc) is 2.89. The van der Waals surface area contributed by atoms with E-state index in [0.717, 1.165) is 15.7 Å². The van der Waals surface area contributed by atoms with Gasteiger partial charge in [0.1, 0.15) is 6.54 Å². The van der Waals surface area contributed by atoms with Crippen LogP contribution < -0.4 is 5.32 Å². The molecule has 1 heterocycles. The minimum absolute atomic E-state index is 0.0968. The lowest BCUT2D eigenvalue weighted by molar-refractivity contribution is -0.116. The van der Waals surface area contributed by atoms with Crippen molar-refractivity contribution in [2.24, 2.45) is 0 Å². The van der Waals surface area contributed by atoms with Crippen molar-refractivity contribution in [2.75, 3.05) is 5.32 Å². The maximum absolute atomic E-state index is 11.9. The van der Waals surface area contributed by atoms with Gasteiger partial charge in [-0.2, -0.15) is 0 Å². The maximum Gasteiger partial charge on any atom is 0.244 e. The summed E-state index contributed by atoms with van der Waals surface area (Å²) in [5, 5.41) is 12.5. The molecule has 1 aromatic heterocycles. The van der Waals surface area contributed by atoms with E-state index in [-0.39, 0.29) is 12.5 Å². The zero-order valence-electron chi connectivity index (χ0n) is 11.2. The molecular formula is C15H17BrN2O2. The molecule has 0 fully saturated rings. The number of nitrogens with zero attached hydrogens (tertiary/aromatic N) is 1. The number of amides is 1. The summed E-state index contributed by atoms with van der Waals surface area (Å²) < 4.78 is 2.74. The monoisotopic (exact) mass is 336 g/mol. The van der Waals surface area contributed by atoms with Gasteiger partial charge in [-0.1, -0.05) is 22.9 Å². The Bertz CT molecular complexity index is 578. The fraction of sp³-hybridized carbons (Fsp3) is 0.267. The first kappa shape index (κ1) is 14.8. The van der Waals surface area contributed by atoms with Crippen LogP contribution in [0, 0.1) is 0 Å². The third-order valence-electron chi connectivity index (χ3n) is 3.00. The summed E-state index contributed by atoms with van der Waals surface area (Å²) >= 11 is 3.35. The van der Waals surface area contributed by atoms with Crippen molar-refractivity contribution in [3.8, 4) is 0 Å². The number of hydrogen-bond donors (Lipinski definition) is 2. The number of nitrogens with one attached hydrogen (secondary N) is 1. The quantitative estimate of drug-likeness (QED) is 0.879. The van der Waals surface area contributed by atoms with E-state index < -0.39 is 6.10 Å². The number of hydrogen-bond acceptors (Lipinski definition) is 2. The summed E-state index contributed by atoms with van der Waals surface area (Å²) in [7, 11) is 0. The Hall–Kier alpha value is -1.59. The van der Waals surface area contributed by atoms with Gasteiger partial charge in [0.2, 0.25) is 5.91 Å². The number of rotatable bonds is 5. The van der Waals surface area contributed by atoms with Crippen LogP contribution >= 0.6 is 15.9 Å². The molecule has 1 amide bonds. The molecule has 0 saturated heterocycles. The number of anilines is 1. The highest BCUT2D eigenvalue weighted by Gasteiger charge is 2.08. The number of carbonyl (C=O) groups excluding carboxylic acids is 1. The lowest BCUT2D eigenvalue weighted by Gasteiger charge is -2.07. The molecule has 1 aromatic carbocycles. The van der Waals surface area contributed by atoms with Gasteiger partial charge >= 0.3 is 0 Å². The second-order valence-corrected chi connectivity index (χ2v) is 5.51. The summed E-state index contributed by atoms with van der Waals surface area (Å²) in [5.74, 6) is -0.0968. The first-order valence-electron chi connectivity index (χ1n) is 6.47. The first-order chi connectivity index (χ1) is 9.58. The van der Waals surface area contributed by atoms with Gasteiger partial charge in [-0.05, 0) is 42.3 Å². The lowest BCUT2D eigenvalue weighted by atomic mass is 10.1. The summed E-state index contributed by atoms with van der Waals surface area (Å²) in [6.07, 6.45) is 3.80. The van der Waals surface area contributed by atoms with E-state index in [2.05, 4.69) is 21.2 Å². The van der Waals surface area contributed by atoms with Crippen LogP contribution in [-0.4, -0.2) is 15.6 Å². The van der Waals surface area contributed by atoms with E-state index in [0.29, 0.717) is 6.42 Å². The van der Waals surface area contributed by atoms with Gasteiger partial charge in [0.25, 0.3) is 0 Å². The fourth-order valence-electron chi connectivity index (χ4n) is 1.89. The van der Waals surface area contributed by atoms with E-state index in [4.69, 9.17) is 0 Å². The maximum atomic E-state index is 11.9. The van der Waals surface area contributed by atoms with Crippen LogP contribution in [0.3, 0.4) is 0 Å². The molecular weight excluding hydrogens is 320 g/mol. The number of aliphatic hydroxyl groups excluding tert-OH is 1. The van der Waals surface area contributed by atoms with Crippen LogP contribution in [0.15, 0.2) is 47.2 Å². The van der Waals surface area contributed by atoms with Crippen LogP contribution in [0.4, 0.5) is 5.69 Å². The van der Waals surface area contributed by atoms with Crippen molar-refractivity contribution in [1.82, 2.24) is 4.57 Å². The summed E-state index contributed by atoms with van der Waals surface area (Å²) in [6, 6.07) is 9.26. The highest BCUT2D eigenvalue weighted by molar-refractivity contribution is 9.10. The predicted molar refractivity (Wildman–Crippen MR) is 82.5 cm³/mol. The molecule has 0 aliphatic rings. The Kier molecular flexibility index (Phi) is 4.98. The highest BCUT2D eigenvalue weighted by Crippen LogP contribution is 2.17. The summed E-state index contributed by atoms with van der Waals surface area (Å²) in [5.41, 5.74) is 1.60. The molecule has 1 unspecified atom stereocenters. The van der Waals surface area contributed by atoms with Crippen molar-refractivity contribution in [1.29, 1.82) is 0 Å². The molecule has 0 bridgehead atoms. The van der Waals surface area contributed by atoms with Gasteiger partial charge in [0, 0.05) is 22.6 Å². The van der Waals surface area contributed by atoms with Crippen LogP contribution in [0.5, 0.6) is 0 Å². The van der Waals surface area contributed by atoms with Crippen molar-refractivity contribution in [3.63, 3.8) is 0 Å². The number of halogens is 1.